The van der Waals surface area contributed by atoms with Crippen molar-refractivity contribution >= 4 is 5.69 Å². The molecule has 1 aromatic rings. The number of nitrogens with zero attached hydrogens (tertiary/aromatic N) is 2. The fourth-order valence-electron chi connectivity index (χ4n) is 3.20. The van der Waals surface area contributed by atoms with Crippen LogP contribution in [0.25, 0.3) is 0 Å². The molecule has 0 aromatic heterocycles. The van der Waals surface area contributed by atoms with E-state index in [1.54, 1.807) is 6.07 Å². The van der Waals surface area contributed by atoms with Gasteiger partial charge in [-0.3, -0.25) is 4.90 Å². The molecule has 1 aromatic carbocycles. The zero-order valence-corrected chi connectivity index (χ0v) is 11.6. The van der Waals surface area contributed by atoms with Gasteiger partial charge in [0.15, 0.2) is 0 Å². The molecule has 2 fully saturated rings. The lowest BCUT2D eigenvalue weighted by Crippen LogP contribution is -2.44. The molecular formula is C15H21FN2O2. The number of morpholine rings is 1. The number of hydrogen-bond acceptors (Lipinski definition) is 4. The average Bonchev–Trinajstić information content (AvgIpc) is 2.97. The number of benzene rings is 1. The molecule has 0 radical (unpaired) electrons. The zero-order valence-electron chi connectivity index (χ0n) is 11.6. The molecule has 2 aliphatic heterocycles. The van der Waals surface area contributed by atoms with Crippen molar-refractivity contribution in [3.8, 4) is 0 Å². The SMILES string of the molecule is OCc1c(F)cccc1N1CCC(N2CCOCC2)C1. The van der Waals surface area contributed by atoms with E-state index in [4.69, 9.17) is 4.74 Å². The molecule has 0 saturated carbocycles. The van der Waals surface area contributed by atoms with Crippen molar-refractivity contribution in [1.29, 1.82) is 0 Å². The molecular weight excluding hydrogens is 259 g/mol. The van der Waals surface area contributed by atoms with Crippen LogP contribution in [-0.4, -0.2) is 55.4 Å². The molecule has 0 aliphatic carbocycles. The van der Waals surface area contributed by atoms with Crippen LogP contribution in [0.15, 0.2) is 18.2 Å². The standard InChI is InChI=1S/C15H21FN2O2/c16-14-2-1-3-15(13(14)11-19)18-5-4-12(10-18)17-6-8-20-9-7-17/h1-3,12,19H,4-11H2. The Labute approximate surface area is 118 Å². The molecule has 1 atom stereocenters. The smallest absolute Gasteiger partial charge is 0.130 e. The third-order valence-corrected chi connectivity index (χ3v) is 4.32. The van der Waals surface area contributed by atoms with Crippen LogP contribution in [0.5, 0.6) is 0 Å². The maximum atomic E-state index is 13.7. The first kappa shape index (κ1) is 13.8. The second-order valence-electron chi connectivity index (χ2n) is 5.43. The van der Waals surface area contributed by atoms with E-state index in [-0.39, 0.29) is 12.4 Å². The summed E-state index contributed by atoms with van der Waals surface area (Å²) in [7, 11) is 0. The number of halogens is 1. The first-order valence-corrected chi connectivity index (χ1v) is 7.24. The molecule has 5 heteroatoms. The number of hydrogen-bond donors (Lipinski definition) is 1. The lowest BCUT2D eigenvalue weighted by atomic mass is 10.1. The van der Waals surface area contributed by atoms with Gasteiger partial charge >= 0.3 is 0 Å². The summed E-state index contributed by atoms with van der Waals surface area (Å²) < 4.78 is 19.1. The number of aliphatic hydroxyl groups excluding tert-OH is 1. The summed E-state index contributed by atoms with van der Waals surface area (Å²) >= 11 is 0. The number of ether oxygens (including phenoxy) is 1. The summed E-state index contributed by atoms with van der Waals surface area (Å²) in [4.78, 5) is 4.65. The third-order valence-electron chi connectivity index (χ3n) is 4.32. The summed E-state index contributed by atoms with van der Waals surface area (Å²) in [6, 6.07) is 5.53. The molecule has 0 spiro atoms. The normalized spacial score (nSPS) is 24.3. The second kappa shape index (κ2) is 6.08. The van der Waals surface area contributed by atoms with E-state index in [1.807, 2.05) is 6.07 Å². The monoisotopic (exact) mass is 280 g/mol. The highest BCUT2D eigenvalue weighted by Crippen LogP contribution is 2.28. The number of aliphatic hydroxyl groups is 1. The largest absolute Gasteiger partial charge is 0.391 e. The topological polar surface area (TPSA) is 35.9 Å². The van der Waals surface area contributed by atoms with Crippen molar-refractivity contribution < 1.29 is 14.2 Å². The van der Waals surface area contributed by atoms with Gasteiger partial charge in [0.1, 0.15) is 5.82 Å². The Morgan fingerprint density at radius 2 is 2.05 bits per heavy atom. The van der Waals surface area contributed by atoms with Crippen molar-refractivity contribution in [1.82, 2.24) is 4.90 Å². The summed E-state index contributed by atoms with van der Waals surface area (Å²) in [6.07, 6.45) is 1.08. The minimum atomic E-state index is -0.320. The van der Waals surface area contributed by atoms with Gasteiger partial charge in [0.05, 0.1) is 19.8 Å². The van der Waals surface area contributed by atoms with Crippen molar-refractivity contribution in [2.45, 2.75) is 19.1 Å². The summed E-state index contributed by atoms with van der Waals surface area (Å²) in [5.41, 5.74) is 1.25. The lowest BCUT2D eigenvalue weighted by molar-refractivity contribution is 0.0209. The Kier molecular flexibility index (Phi) is 4.19. The average molecular weight is 280 g/mol. The molecule has 1 unspecified atom stereocenters. The summed E-state index contributed by atoms with van der Waals surface area (Å²) in [5.74, 6) is -0.320. The van der Waals surface area contributed by atoms with Crippen LogP contribution < -0.4 is 4.90 Å². The Morgan fingerprint density at radius 3 is 2.80 bits per heavy atom. The van der Waals surface area contributed by atoms with Crippen LogP contribution in [-0.2, 0) is 11.3 Å². The summed E-state index contributed by atoms with van der Waals surface area (Å²) in [5, 5.41) is 9.38. The Hall–Kier alpha value is -1.17. The van der Waals surface area contributed by atoms with Crippen LogP contribution >= 0.6 is 0 Å². The number of anilines is 1. The molecule has 3 rings (SSSR count). The molecule has 4 nitrogen and oxygen atoms in total. The zero-order chi connectivity index (χ0) is 13.9. The molecule has 110 valence electrons. The molecule has 2 aliphatic rings. The molecule has 2 heterocycles. The van der Waals surface area contributed by atoms with Crippen LogP contribution in [0.3, 0.4) is 0 Å². The molecule has 0 amide bonds. The number of rotatable bonds is 3. The van der Waals surface area contributed by atoms with E-state index in [0.29, 0.717) is 11.6 Å². The van der Waals surface area contributed by atoms with E-state index in [9.17, 15) is 9.50 Å². The molecule has 2 saturated heterocycles. The predicted octanol–water partition coefficient (Wildman–Crippen LogP) is 1.23. The molecule has 20 heavy (non-hydrogen) atoms. The van der Waals surface area contributed by atoms with Crippen molar-refractivity contribution in [3.05, 3.63) is 29.6 Å². The Balaban J connectivity index is 1.72. The quantitative estimate of drug-likeness (QED) is 0.903. The minimum absolute atomic E-state index is 0.249. The highest BCUT2D eigenvalue weighted by Gasteiger charge is 2.30. The first-order chi connectivity index (χ1) is 9.79. The lowest BCUT2D eigenvalue weighted by Gasteiger charge is -2.32. The van der Waals surface area contributed by atoms with Gasteiger partial charge in [0.25, 0.3) is 0 Å². The second-order valence-corrected chi connectivity index (χ2v) is 5.43. The Morgan fingerprint density at radius 1 is 1.25 bits per heavy atom. The van der Waals surface area contributed by atoms with Gasteiger partial charge in [-0.05, 0) is 18.6 Å². The predicted molar refractivity (Wildman–Crippen MR) is 75.3 cm³/mol. The van der Waals surface area contributed by atoms with Gasteiger partial charge in [-0.15, -0.1) is 0 Å². The van der Waals surface area contributed by atoms with Gasteiger partial charge < -0.3 is 14.7 Å². The minimum Gasteiger partial charge on any atom is -0.391 e. The van der Waals surface area contributed by atoms with Crippen molar-refractivity contribution in [2.24, 2.45) is 0 Å². The van der Waals surface area contributed by atoms with E-state index in [0.717, 1.165) is 51.5 Å². The molecule has 0 bridgehead atoms. The van der Waals surface area contributed by atoms with Crippen molar-refractivity contribution in [2.75, 3.05) is 44.3 Å². The van der Waals surface area contributed by atoms with Crippen LogP contribution in [0.1, 0.15) is 12.0 Å². The van der Waals surface area contributed by atoms with Crippen molar-refractivity contribution in [3.63, 3.8) is 0 Å². The van der Waals surface area contributed by atoms with Gasteiger partial charge in [-0.1, -0.05) is 6.07 Å². The maximum absolute atomic E-state index is 13.7. The third kappa shape index (κ3) is 2.66. The van der Waals surface area contributed by atoms with Gasteiger partial charge in [0, 0.05) is 43.5 Å². The van der Waals surface area contributed by atoms with Crippen LogP contribution in [0.2, 0.25) is 0 Å². The van der Waals surface area contributed by atoms with Gasteiger partial charge in [-0.2, -0.15) is 0 Å². The summed E-state index contributed by atoms with van der Waals surface area (Å²) in [6.45, 7) is 5.13. The van der Waals surface area contributed by atoms with Crippen LogP contribution in [0, 0.1) is 5.82 Å². The fraction of sp³-hybridized carbons (Fsp3) is 0.600. The highest BCUT2D eigenvalue weighted by molar-refractivity contribution is 5.55. The first-order valence-electron chi connectivity index (χ1n) is 7.24. The van der Waals surface area contributed by atoms with E-state index in [2.05, 4.69) is 9.80 Å². The van der Waals surface area contributed by atoms with Gasteiger partial charge in [-0.25, -0.2) is 4.39 Å². The maximum Gasteiger partial charge on any atom is 0.130 e. The van der Waals surface area contributed by atoms with Gasteiger partial charge in [0.2, 0.25) is 0 Å². The van der Waals surface area contributed by atoms with E-state index < -0.39 is 0 Å². The molecule has 1 N–H and O–H groups in total. The Bertz CT molecular complexity index is 463. The van der Waals surface area contributed by atoms with E-state index in [1.165, 1.54) is 6.07 Å². The fourth-order valence-corrected chi connectivity index (χ4v) is 3.20. The highest BCUT2D eigenvalue weighted by atomic mass is 19.1. The van der Waals surface area contributed by atoms with E-state index >= 15 is 0 Å². The van der Waals surface area contributed by atoms with Crippen LogP contribution in [0.4, 0.5) is 10.1 Å².